The van der Waals surface area contributed by atoms with E-state index in [1.165, 1.54) is 28.7 Å². The molecule has 0 amide bonds. The Bertz CT molecular complexity index is 887. The second-order valence-corrected chi connectivity index (χ2v) is 8.49. The Balaban J connectivity index is 1.96. The van der Waals surface area contributed by atoms with E-state index in [4.69, 9.17) is 9.97 Å². The van der Waals surface area contributed by atoms with Crippen LogP contribution < -0.4 is 0 Å². The lowest BCUT2D eigenvalue weighted by Gasteiger charge is -2.12. The van der Waals surface area contributed by atoms with Crippen molar-refractivity contribution in [1.29, 1.82) is 0 Å². The summed E-state index contributed by atoms with van der Waals surface area (Å²) in [4.78, 5) is 12.1. The van der Waals surface area contributed by atoms with Crippen molar-refractivity contribution in [3.8, 4) is 11.4 Å². The maximum atomic E-state index is 11.8. The first-order chi connectivity index (χ1) is 11.2. The minimum absolute atomic E-state index is 0.502. The summed E-state index contributed by atoms with van der Waals surface area (Å²) in [6.45, 7) is 0. The van der Waals surface area contributed by atoms with E-state index in [-0.39, 0.29) is 0 Å². The van der Waals surface area contributed by atoms with Crippen LogP contribution in [0.2, 0.25) is 0 Å². The van der Waals surface area contributed by atoms with Gasteiger partial charge in [0.2, 0.25) is 0 Å². The standard InChI is InChI=1S/C18H18N2OS2/c1-23(21)11-14-16-13-9-5-6-10-15(13)22-18(16)20-17(19-14)12-7-3-2-4-8-12/h2-4,7-8H,5-6,9-11H2,1H3. The average Bonchev–Trinajstić information content (AvgIpc) is 2.93. The molecular weight excluding hydrogens is 324 g/mol. The second kappa shape index (κ2) is 6.13. The summed E-state index contributed by atoms with van der Waals surface area (Å²) < 4.78 is 11.8. The molecule has 0 saturated heterocycles. The number of thiophene rings is 1. The first kappa shape index (κ1) is 15.0. The molecule has 1 aliphatic rings. The Kier molecular flexibility index (Phi) is 3.99. The number of nitrogens with zero attached hydrogens (tertiary/aromatic N) is 2. The van der Waals surface area contributed by atoms with Gasteiger partial charge in [-0.25, -0.2) is 9.97 Å². The van der Waals surface area contributed by atoms with Gasteiger partial charge in [-0.3, -0.25) is 4.21 Å². The molecule has 0 saturated carbocycles. The van der Waals surface area contributed by atoms with E-state index < -0.39 is 10.8 Å². The predicted molar refractivity (Wildman–Crippen MR) is 97.3 cm³/mol. The van der Waals surface area contributed by atoms with Crippen molar-refractivity contribution in [2.45, 2.75) is 31.4 Å². The molecule has 1 aromatic carbocycles. The van der Waals surface area contributed by atoms with Gasteiger partial charge in [-0.1, -0.05) is 30.3 Å². The van der Waals surface area contributed by atoms with Crippen LogP contribution in [0.5, 0.6) is 0 Å². The Labute approximate surface area is 142 Å². The van der Waals surface area contributed by atoms with Gasteiger partial charge in [-0.05, 0) is 31.2 Å². The number of rotatable bonds is 3. The third-order valence-corrected chi connectivity index (χ3v) is 6.13. The highest BCUT2D eigenvalue weighted by molar-refractivity contribution is 7.83. The molecule has 0 bridgehead atoms. The van der Waals surface area contributed by atoms with Crippen LogP contribution in [-0.2, 0) is 29.4 Å². The summed E-state index contributed by atoms with van der Waals surface area (Å²) in [6.07, 6.45) is 6.48. The molecule has 4 rings (SSSR count). The monoisotopic (exact) mass is 342 g/mol. The fourth-order valence-corrected chi connectivity index (χ4v) is 5.12. The summed E-state index contributed by atoms with van der Waals surface area (Å²) in [5.41, 5.74) is 3.38. The van der Waals surface area contributed by atoms with E-state index in [2.05, 4.69) is 0 Å². The fourth-order valence-electron chi connectivity index (χ4n) is 3.25. The van der Waals surface area contributed by atoms with Gasteiger partial charge >= 0.3 is 0 Å². The smallest absolute Gasteiger partial charge is 0.161 e. The zero-order valence-corrected chi connectivity index (χ0v) is 14.7. The van der Waals surface area contributed by atoms with Gasteiger partial charge in [0.05, 0.1) is 11.4 Å². The Morgan fingerprint density at radius 2 is 1.91 bits per heavy atom. The minimum atomic E-state index is -0.908. The van der Waals surface area contributed by atoms with Crippen LogP contribution >= 0.6 is 11.3 Å². The Morgan fingerprint density at radius 1 is 1.13 bits per heavy atom. The van der Waals surface area contributed by atoms with E-state index in [0.29, 0.717) is 5.75 Å². The highest BCUT2D eigenvalue weighted by atomic mass is 32.2. The molecule has 5 heteroatoms. The summed E-state index contributed by atoms with van der Waals surface area (Å²) in [5.74, 6) is 1.25. The van der Waals surface area contributed by atoms with Crippen LogP contribution in [0, 0.1) is 0 Å². The van der Waals surface area contributed by atoms with E-state index in [1.807, 2.05) is 30.3 Å². The van der Waals surface area contributed by atoms with Gasteiger partial charge in [0.1, 0.15) is 4.83 Å². The van der Waals surface area contributed by atoms with Crippen LogP contribution in [0.3, 0.4) is 0 Å². The summed E-state index contributed by atoms with van der Waals surface area (Å²) in [7, 11) is -0.908. The van der Waals surface area contributed by atoms with Crippen LogP contribution in [0.1, 0.15) is 29.0 Å². The molecule has 1 unspecified atom stereocenters. The zero-order valence-electron chi connectivity index (χ0n) is 13.0. The maximum Gasteiger partial charge on any atom is 0.161 e. The van der Waals surface area contributed by atoms with E-state index in [0.717, 1.165) is 34.8 Å². The van der Waals surface area contributed by atoms with Crippen molar-refractivity contribution in [2.75, 3.05) is 6.26 Å². The third kappa shape index (κ3) is 2.83. The quantitative estimate of drug-likeness (QED) is 0.719. The van der Waals surface area contributed by atoms with Crippen molar-refractivity contribution in [3.63, 3.8) is 0 Å². The highest BCUT2D eigenvalue weighted by Crippen LogP contribution is 2.38. The van der Waals surface area contributed by atoms with Crippen LogP contribution in [0.4, 0.5) is 0 Å². The van der Waals surface area contributed by atoms with Crippen molar-refractivity contribution in [3.05, 3.63) is 46.5 Å². The molecule has 0 N–H and O–H groups in total. The fraction of sp³-hybridized carbons (Fsp3) is 0.333. The van der Waals surface area contributed by atoms with Crippen molar-refractivity contribution in [2.24, 2.45) is 0 Å². The molecule has 2 heterocycles. The van der Waals surface area contributed by atoms with Crippen LogP contribution in [0.15, 0.2) is 30.3 Å². The topological polar surface area (TPSA) is 42.9 Å². The second-order valence-electron chi connectivity index (χ2n) is 5.97. The summed E-state index contributed by atoms with van der Waals surface area (Å²) >= 11 is 1.80. The lowest BCUT2D eigenvalue weighted by atomic mass is 9.96. The molecule has 0 aliphatic heterocycles. The number of hydrogen-bond donors (Lipinski definition) is 0. The molecule has 3 nitrogen and oxygen atoms in total. The zero-order chi connectivity index (χ0) is 15.8. The third-order valence-electron chi connectivity index (χ3n) is 4.26. The summed E-state index contributed by atoms with van der Waals surface area (Å²) in [6, 6.07) is 10.1. The van der Waals surface area contributed by atoms with Gasteiger partial charge in [0.25, 0.3) is 0 Å². The van der Waals surface area contributed by atoms with Crippen molar-refractivity contribution in [1.82, 2.24) is 9.97 Å². The number of fused-ring (bicyclic) bond motifs is 3. The SMILES string of the molecule is CS(=O)Cc1nc(-c2ccccc2)nc2sc3c(c12)CCCC3. The number of benzene rings is 1. The minimum Gasteiger partial charge on any atom is -0.259 e. The molecule has 1 aliphatic carbocycles. The number of aromatic nitrogens is 2. The normalized spacial score (nSPS) is 15.5. The van der Waals surface area contributed by atoms with Gasteiger partial charge in [-0.15, -0.1) is 11.3 Å². The van der Waals surface area contributed by atoms with Gasteiger partial charge < -0.3 is 0 Å². The molecule has 1 atom stereocenters. The first-order valence-electron chi connectivity index (χ1n) is 7.89. The Hall–Kier alpha value is -1.59. The van der Waals surface area contributed by atoms with Gasteiger partial charge in [-0.2, -0.15) is 0 Å². The average molecular weight is 342 g/mol. The van der Waals surface area contributed by atoms with Crippen molar-refractivity contribution >= 4 is 32.4 Å². The molecule has 23 heavy (non-hydrogen) atoms. The lowest BCUT2D eigenvalue weighted by Crippen LogP contribution is -2.03. The van der Waals surface area contributed by atoms with E-state index in [9.17, 15) is 4.21 Å². The molecule has 2 aromatic heterocycles. The number of hydrogen-bond acceptors (Lipinski definition) is 4. The van der Waals surface area contributed by atoms with E-state index in [1.54, 1.807) is 17.6 Å². The van der Waals surface area contributed by atoms with Crippen molar-refractivity contribution < 1.29 is 4.21 Å². The molecule has 0 fully saturated rings. The molecule has 0 radical (unpaired) electrons. The molecular formula is C18H18N2OS2. The number of aryl methyl sites for hydroxylation is 2. The largest absolute Gasteiger partial charge is 0.259 e. The van der Waals surface area contributed by atoms with Crippen LogP contribution in [-0.4, -0.2) is 20.4 Å². The molecule has 118 valence electrons. The molecule has 3 aromatic rings. The van der Waals surface area contributed by atoms with E-state index >= 15 is 0 Å². The maximum absolute atomic E-state index is 11.8. The Morgan fingerprint density at radius 3 is 2.70 bits per heavy atom. The predicted octanol–water partition coefficient (Wildman–Crippen LogP) is 4.12. The summed E-state index contributed by atoms with van der Waals surface area (Å²) in [5, 5.41) is 1.18. The van der Waals surface area contributed by atoms with Crippen LogP contribution in [0.25, 0.3) is 21.6 Å². The lowest BCUT2D eigenvalue weighted by molar-refractivity contribution is 0.685. The van der Waals surface area contributed by atoms with Gasteiger partial charge in [0, 0.05) is 32.9 Å². The molecule has 0 spiro atoms. The first-order valence-corrected chi connectivity index (χ1v) is 10.4. The highest BCUT2D eigenvalue weighted by Gasteiger charge is 2.21. The van der Waals surface area contributed by atoms with Gasteiger partial charge in [0.15, 0.2) is 5.82 Å².